The summed E-state index contributed by atoms with van der Waals surface area (Å²) < 4.78 is 0. The van der Waals surface area contributed by atoms with Gasteiger partial charge in [0.05, 0.1) is 6.54 Å². The summed E-state index contributed by atoms with van der Waals surface area (Å²) in [5.41, 5.74) is 7.83. The van der Waals surface area contributed by atoms with Gasteiger partial charge in [0.25, 0.3) is 0 Å². The van der Waals surface area contributed by atoms with Crippen molar-refractivity contribution in [3.8, 4) is 0 Å². The van der Waals surface area contributed by atoms with Crippen molar-refractivity contribution in [2.45, 2.75) is 52.1 Å². The highest BCUT2D eigenvalue weighted by atomic mass is 16.1. The fourth-order valence-corrected chi connectivity index (χ4v) is 3.20. The van der Waals surface area contributed by atoms with Crippen molar-refractivity contribution in [1.82, 2.24) is 10.2 Å². The van der Waals surface area contributed by atoms with Gasteiger partial charge in [-0.3, -0.25) is 9.69 Å². The van der Waals surface area contributed by atoms with Crippen LogP contribution in [0.3, 0.4) is 0 Å². The van der Waals surface area contributed by atoms with Gasteiger partial charge in [-0.2, -0.15) is 0 Å². The molecule has 0 bridgehead atoms. The Labute approximate surface area is 150 Å². The first kappa shape index (κ1) is 19.2. The van der Waals surface area contributed by atoms with Crippen LogP contribution < -0.4 is 16.4 Å². The molecular weight excluding hydrogens is 314 g/mol. The normalized spacial score (nSPS) is 18.3. The van der Waals surface area contributed by atoms with E-state index in [0.29, 0.717) is 25.0 Å². The van der Waals surface area contributed by atoms with Gasteiger partial charge >= 0.3 is 0 Å². The molecule has 6 nitrogen and oxygen atoms in total. The molecule has 1 atom stereocenters. The van der Waals surface area contributed by atoms with Gasteiger partial charge in [0.1, 0.15) is 0 Å². The smallest absolute Gasteiger partial charge is 0.224 e. The van der Waals surface area contributed by atoms with Crippen molar-refractivity contribution >= 4 is 17.6 Å². The Morgan fingerprint density at radius 1 is 1.40 bits per heavy atom. The summed E-state index contributed by atoms with van der Waals surface area (Å²) in [6.45, 7) is 7.79. The Hall–Kier alpha value is -2.08. The summed E-state index contributed by atoms with van der Waals surface area (Å²) >= 11 is 0. The Kier molecular flexibility index (Phi) is 7.73. The van der Waals surface area contributed by atoms with Gasteiger partial charge in [-0.25, -0.2) is 4.99 Å². The summed E-state index contributed by atoms with van der Waals surface area (Å²) in [4.78, 5) is 18.6. The van der Waals surface area contributed by atoms with E-state index >= 15 is 0 Å². The van der Waals surface area contributed by atoms with E-state index in [0.717, 1.165) is 30.8 Å². The number of nitrogens with two attached hydrogens (primary N) is 1. The van der Waals surface area contributed by atoms with E-state index in [1.54, 1.807) is 0 Å². The first-order chi connectivity index (χ1) is 12.1. The number of carbonyl (C=O) groups is 1. The molecule has 1 aromatic rings. The molecule has 4 N–H and O–H groups in total. The first-order valence-corrected chi connectivity index (χ1v) is 9.29. The van der Waals surface area contributed by atoms with Crippen LogP contribution >= 0.6 is 0 Å². The van der Waals surface area contributed by atoms with Gasteiger partial charge in [-0.1, -0.05) is 26.0 Å². The number of likely N-dealkylation sites (N-methyl/N-ethyl adjacent to an activating group) is 1. The SMILES string of the molecule is CCCC(=O)Nc1cccc(CN=C(N)NCC2CCCN2CC)c1. The summed E-state index contributed by atoms with van der Waals surface area (Å²) in [6, 6.07) is 8.30. The minimum absolute atomic E-state index is 0.0429. The van der Waals surface area contributed by atoms with Crippen molar-refractivity contribution in [2.75, 3.05) is 25.0 Å². The van der Waals surface area contributed by atoms with Gasteiger partial charge in [0.15, 0.2) is 5.96 Å². The number of benzene rings is 1. The van der Waals surface area contributed by atoms with Crippen LogP contribution in [0.15, 0.2) is 29.3 Å². The highest BCUT2D eigenvalue weighted by molar-refractivity contribution is 5.90. The van der Waals surface area contributed by atoms with Crippen molar-refractivity contribution in [2.24, 2.45) is 10.7 Å². The largest absolute Gasteiger partial charge is 0.370 e. The van der Waals surface area contributed by atoms with Crippen molar-refractivity contribution in [1.29, 1.82) is 0 Å². The molecule has 1 heterocycles. The van der Waals surface area contributed by atoms with E-state index in [1.165, 1.54) is 19.4 Å². The van der Waals surface area contributed by atoms with Crippen LogP contribution in [0.5, 0.6) is 0 Å². The molecule has 6 heteroatoms. The lowest BCUT2D eigenvalue weighted by molar-refractivity contribution is -0.116. The molecule has 0 saturated carbocycles. The minimum Gasteiger partial charge on any atom is -0.370 e. The predicted octanol–water partition coefficient (Wildman–Crippen LogP) is 2.31. The number of nitrogens with one attached hydrogen (secondary N) is 2. The third-order valence-electron chi connectivity index (χ3n) is 4.54. The van der Waals surface area contributed by atoms with Crippen molar-refractivity contribution in [3.05, 3.63) is 29.8 Å². The maximum Gasteiger partial charge on any atom is 0.224 e. The average molecular weight is 345 g/mol. The summed E-state index contributed by atoms with van der Waals surface area (Å²) in [7, 11) is 0. The van der Waals surface area contributed by atoms with Crippen LogP contribution in [-0.2, 0) is 11.3 Å². The van der Waals surface area contributed by atoms with Gasteiger partial charge in [-0.15, -0.1) is 0 Å². The number of anilines is 1. The van der Waals surface area contributed by atoms with E-state index < -0.39 is 0 Å². The molecule has 0 radical (unpaired) electrons. The molecular formula is C19H31N5O. The zero-order valence-corrected chi connectivity index (χ0v) is 15.4. The van der Waals surface area contributed by atoms with E-state index in [2.05, 4.69) is 27.4 Å². The number of aliphatic imine (C=N–C) groups is 1. The fraction of sp³-hybridized carbons (Fsp3) is 0.579. The first-order valence-electron chi connectivity index (χ1n) is 9.29. The van der Waals surface area contributed by atoms with E-state index in [1.807, 2.05) is 31.2 Å². The predicted molar refractivity (Wildman–Crippen MR) is 104 cm³/mol. The topological polar surface area (TPSA) is 82.8 Å². The highest BCUT2D eigenvalue weighted by Gasteiger charge is 2.22. The zero-order chi connectivity index (χ0) is 18.1. The van der Waals surface area contributed by atoms with Crippen LogP contribution in [0, 0.1) is 0 Å². The second-order valence-electron chi connectivity index (χ2n) is 6.51. The molecule has 1 unspecified atom stereocenters. The van der Waals surface area contributed by atoms with Crippen LogP contribution in [0.25, 0.3) is 0 Å². The lowest BCUT2D eigenvalue weighted by atomic mass is 10.2. The molecule has 0 spiro atoms. The molecule has 138 valence electrons. The molecule has 1 amide bonds. The molecule has 1 aromatic carbocycles. The highest BCUT2D eigenvalue weighted by Crippen LogP contribution is 2.15. The third-order valence-corrected chi connectivity index (χ3v) is 4.54. The van der Waals surface area contributed by atoms with Crippen molar-refractivity contribution < 1.29 is 4.79 Å². The summed E-state index contributed by atoms with van der Waals surface area (Å²) in [6.07, 6.45) is 3.85. The second-order valence-corrected chi connectivity index (χ2v) is 6.51. The minimum atomic E-state index is 0.0429. The third kappa shape index (κ3) is 6.38. The number of rotatable bonds is 8. The molecule has 1 aliphatic heterocycles. The molecule has 2 rings (SSSR count). The molecule has 1 saturated heterocycles. The molecule has 1 aliphatic rings. The van der Waals surface area contributed by atoms with Crippen LogP contribution in [0.4, 0.5) is 5.69 Å². The number of hydrogen-bond acceptors (Lipinski definition) is 3. The van der Waals surface area contributed by atoms with Crippen molar-refractivity contribution in [3.63, 3.8) is 0 Å². The number of hydrogen-bond donors (Lipinski definition) is 3. The quantitative estimate of drug-likeness (QED) is 0.499. The molecule has 25 heavy (non-hydrogen) atoms. The van der Waals surface area contributed by atoms with Crippen LogP contribution in [0.1, 0.15) is 45.1 Å². The van der Waals surface area contributed by atoms with Gasteiger partial charge in [0.2, 0.25) is 5.91 Å². The fourth-order valence-electron chi connectivity index (χ4n) is 3.20. The van der Waals surface area contributed by atoms with E-state index in [4.69, 9.17) is 5.73 Å². The Morgan fingerprint density at radius 2 is 2.24 bits per heavy atom. The number of likely N-dealkylation sites (tertiary alicyclic amines) is 1. The van der Waals surface area contributed by atoms with Gasteiger partial charge in [-0.05, 0) is 50.0 Å². The lowest BCUT2D eigenvalue weighted by Crippen LogP contribution is -2.42. The standard InChI is InChI=1S/C19H31N5O/c1-3-7-18(25)23-16-9-5-8-15(12-16)13-21-19(20)22-14-17-10-6-11-24(17)4-2/h5,8-9,12,17H,3-4,6-7,10-11,13-14H2,1-2H3,(H,23,25)(H3,20,21,22). The zero-order valence-electron chi connectivity index (χ0n) is 15.4. The van der Waals surface area contributed by atoms with Gasteiger partial charge in [0, 0.05) is 24.7 Å². The van der Waals surface area contributed by atoms with Crippen LogP contribution in [-0.4, -0.2) is 42.4 Å². The number of guanidine groups is 1. The Balaban J connectivity index is 1.82. The Bertz CT molecular complexity index is 587. The number of amides is 1. The second kappa shape index (κ2) is 10.0. The Morgan fingerprint density at radius 3 is 3.00 bits per heavy atom. The van der Waals surface area contributed by atoms with E-state index in [9.17, 15) is 4.79 Å². The maximum atomic E-state index is 11.7. The average Bonchev–Trinajstić information content (AvgIpc) is 3.06. The van der Waals surface area contributed by atoms with E-state index in [-0.39, 0.29) is 5.91 Å². The van der Waals surface area contributed by atoms with Crippen LogP contribution in [0.2, 0.25) is 0 Å². The van der Waals surface area contributed by atoms with Gasteiger partial charge < -0.3 is 16.4 Å². The maximum absolute atomic E-state index is 11.7. The summed E-state index contributed by atoms with van der Waals surface area (Å²) in [5, 5.41) is 6.14. The molecule has 0 aromatic heterocycles. The lowest BCUT2D eigenvalue weighted by Gasteiger charge is -2.23. The monoisotopic (exact) mass is 345 g/mol. The number of carbonyl (C=O) groups excluding carboxylic acids is 1. The molecule has 1 fully saturated rings. The summed E-state index contributed by atoms with van der Waals surface area (Å²) in [5.74, 6) is 0.518. The number of nitrogens with zero attached hydrogens (tertiary/aromatic N) is 2. The molecule has 0 aliphatic carbocycles.